The zero-order valence-electron chi connectivity index (χ0n) is 10.7. The van der Waals surface area contributed by atoms with Crippen LogP contribution in [0.15, 0.2) is 11.1 Å². The number of hydrogen-bond donors (Lipinski definition) is 0. The first-order valence-electron chi connectivity index (χ1n) is 5.99. The van der Waals surface area contributed by atoms with Gasteiger partial charge < -0.3 is 9.64 Å². The zero-order chi connectivity index (χ0) is 13.0. The Balaban J connectivity index is 2.08. The van der Waals surface area contributed by atoms with E-state index in [1.807, 2.05) is 13.0 Å². The molecule has 0 unspecified atom stereocenters. The Morgan fingerprint density at radius 2 is 2.17 bits per heavy atom. The smallest absolute Gasteiger partial charge is 0.316 e. The van der Waals surface area contributed by atoms with Crippen molar-refractivity contribution < 1.29 is 9.53 Å². The normalized spacial score (nSPS) is 14.9. The van der Waals surface area contributed by atoms with Gasteiger partial charge in [0.2, 0.25) is 5.95 Å². The van der Waals surface area contributed by atoms with Gasteiger partial charge in [-0.1, -0.05) is 11.8 Å². The third-order valence-electron chi connectivity index (χ3n) is 2.77. The van der Waals surface area contributed by atoms with E-state index in [4.69, 9.17) is 0 Å². The van der Waals surface area contributed by atoms with Crippen LogP contribution >= 0.6 is 11.8 Å². The van der Waals surface area contributed by atoms with Crippen LogP contribution in [0, 0.1) is 6.92 Å². The van der Waals surface area contributed by atoms with E-state index in [9.17, 15) is 4.79 Å². The van der Waals surface area contributed by atoms with Crippen LogP contribution in [0.1, 0.15) is 18.5 Å². The van der Waals surface area contributed by atoms with Crippen molar-refractivity contribution in [2.75, 3.05) is 30.9 Å². The maximum absolute atomic E-state index is 11.1. The minimum Gasteiger partial charge on any atom is -0.468 e. The van der Waals surface area contributed by atoms with Crippen molar-refractivity contribution in [2.24, 2.45) is 0 Å². The van der Waals surface area contributed by atoms with Gasteiger partial charge in [-0.2, -0.15) is 0 Å². The van der Waals surface area contributed by atoms with Gasteiger partial charge in [0.25, 0.3) is 0 Å². The van der Waals surface area contributed by atoms with Gasteiger partial charge in [-0.15, -0.1) is 0 Å². The summed E-state index contributed by atoms with van der Waals surface area (Å²) in [5.41, 5.74) is 0.930. The number of ether oxygens (including phenoxy) is 1. The van der Waals surface area contributed by atoms with E-state index in [0.29, 0.717) is 0 Å². The third-order valence-corrected chi connectivity index (χ3v) is 3.66. The van der Waals surface area contributed by atoms with Gasteiger partial charge >= 0.3 is 5.97 Å². The van der Waals surface area contributed by atoms with E-state index >= 15 is 0 Å². The summed E-state index contributed by atoms with van der Waals surface area (Å²) < 4.78 is 4.62. The fraction of sp³-hybridized carbons (Fsp3) is 0.583. The molecule has 2 heterocycles. The van der Waals surface area contributed by atoms with Crippen molar-refractivity contribution >= 4 is 23.7 Å². The second kappa shape index (κ2) is 6.04. The molecule has 1 saturated heterocycles. The average Bonchev–Trinajstić information content (AvgIpc) is 2.89. The Kier molecular flexibility index (Phi) is 4.41. The van der Waals surface area contributed by atoms with E-state index in [2.05, 4.69) is 19.6 Å². The molecular weight excluding hydrogens is 250 g/mol. The van der Waals surface area contributed by atoms with Crippen molar-refractivity contribution in [3.8, 4) is 0 Å². The molecule has 0 spiro atoms. The van der Waals surface area contributed by atoms with Gasteiger partial charge in [0.05, 0.1) is 12.9 Å². The summed E-state index contributed by atoms with van der Waals surface area (Å²) in [6.45, 7) is 3.98. The minimum atomic E-state index is -0.237. The van der Waals surface area contributed by atoms with Gasteiger partial charge in [0, 0.05) is 18.8 Å². The summed E-state index contributed by atoms with van der Waals surface area (Å²) in [6, 6.07) is 1.90. The van der Waals surface area contributed by atoms with E-state index in [1.165, 1.54) is 31.7 Å². The molecule has 0 aliphatic carbocycles. The Bertz CT molecular complexity index is 433. The molecule has 5 nitrogen and oxygen atoms in total. The fourth-order valence-corrected chi connectivity index (χ4v) is 2.63. The molecule has 1 aliphatic heterocycles. The van der Waals surface area contributed by atoms with Gasteiger partial charge in [0.1, 0.15) is 5.03 Å². The van der Waals surface area contributed by atoms with Crippen LogP contribution in [0.25, 0.3) is 0 Å². The monoisotopic (exact) mass is 267 g/mol. The number of carbonyl (C=O) groups excluding carboxylic acids is 1. The lowest BCUT2D eigenvalue weighted by Crippen LogP contribution is -2.21. The first-order valence-corrected chi connectivity index (χ1v) is 6.98. The Labute approximate surface area is 111 Å². The van der Waals surface area contributed by atoms with Gasteiger partial charge in [0.15, 0.2) is 0 Å². The van der Waals surface area contributed by atoms with E-state index in [-0.39, 0.29) is 11.7 Å². The summed E-state index contributed by atoms with van der Waals surface area (Å²) >= 11 is 1.39. The molecule has 1 aromatic rings. The van der Waals surface area contributed by atoms with Crippen LogP contribution < -0.4 is 4.90 Å². The predicted molar refractivity (Wildman–Crippen MR) is 71.0 cm³/mol. The lowest BCUT2D eigenvalue weighted by molar-refractivity contribution is -0.137. The summed E-state index contributed by atoms with van der Waals surface area (Å²) in [5, 5.41) is 0.829. The number of thioether (sulfide) groups is 1. The molecular formula is C12H17N3O2S. The largest absolute Gasteiger partial charge is 0.468 e. The summed E-state index contributed by atoms with van der Waals surface area (Å²) in [4.78, 5) is 22.2. The van der Waals surface area contributed by atoms with Crippen molar-refractivity contribution in [3.63, 3.8) is 0 Å². The molecule has 18 heavy (non-hydrogen) atoms. The Hall–Kier alpha value is -1.30. The number of aryl methyl sites for hydroxylation is 1. The van der Waals surface area contributed by atoms with Crippen LogP contribution in [0.5, 0.6) is 0 Å². The molecule has 1 aliphatic rings. The van der Waals surface area contributed by atoms with Crippen molar-refractivity contribution in [3.05, 3.63) is 11.8 Å². The Morgan fingerprint density at radius 3 is 2.83 bits per heavy atom. The standard InChI is InChI=1S/C12H17N3O2S/c1-9-7-10(18-8-11(16)17-2)14-12(13-9)15-5-3-4-6-15/h7H,3-6,8H2,1-2H3. The molecule has 0 amide bonds. The quantitative estimate of drug-likeness (QED) is 0.470. The highest BCUT2D eigenvalue weighted by molar-refractivity contribution is 7.99. The van der Waals surface area contributed by atoms with Crippen LogP contribution in [0.3, 0.4) is 0 Å². The maximum atomic E-state index is 11.1. The first-order chi connectivity index (χ1) is 8.69. The van der Waals surface area contributed by atoms with E-state index in [1.54, 1.807) is 0 Å². The predicted octanol–water partition coefficient (Wildman–Crippen LogP) is 1.65. The molecule has 1 aromatic heterocycles. The van der Waals surface area contributed by atoms with Gasteiger partial charge in [-0.3, -0.25) is 4.79 Å². The number of nitrogens with zero attached hydrogens (tertiary/aromatic N) is 3. The molecule has 2 rings (SSSR count). The van der Waals surface area contributed by atoms with Crippen molar-refractivity contribution in [1.82, 2.24) is 9.97 Å². The number of hydrogen-bond acceptors (Lipinski definition) is 6. The number of anilines is 1. The lowest BCUT2D eigenvalue weighted by atomic mass is 10.4. The topological polar surface area (TPSA) is 55.3 Å². The van der Waals surface area contributed by atoms with Crippen LogP contribution in [0.4, 0.5) is 5.95 Å². The summed E-state index contributed by atoms with van der Waals surface area (Å²) in [7, 11) is 1.39. The summed E-state index contributed by atoms with van der Waals surface area (Å²) in [6.07, 6.45) is 2.39. The van der Waals surface area contributed by atoms with Gasteiger partial charge in [-0.25, -0.2) is 9.97 Å². The van der Waals surface area contributed by atoms with Crippen LogP contribution in [-0.2, 0) is 9.53 Å². The molecule has 0 bridgehead atoms. The van der Waals surface area contributed by atoms with Crippen LogP contribution in [0.2, 0.25) is 0 Å². The Morgan fingerprint density at radius 1 is 1.44 bits per heavy atom. The second-order valence-corrected chi connectivity index (χ2v) is 5.20. The molecule has 1 fully saturated rings. The third kappa shape index (κ3) is 3.35. The molecule has 0 saturated carbocycles. The number of methoxy groups -OCH3 is 1. The second-order valence-electron chi connectivity index (χ2n) is 4.21. The number of aromatic nitrogens is 2. The molecule has 0 radical (unpaired) electrons. The summed E-state index contributed by atoms with van der Waals surface area (Å²) in [5.74, 6) is 0.825. The first kappa shape index (κ1) is 13.1. The highest BCUT2D eigenvalue weighted by Crippen LogP contribution is 2.22. The fourth-order valence-electron chi connectivity index (χ4n) is 1.85. The molecule has 98 valence electrons. The SMILES string of the molecule is COC(=O)CSc1cc(C)nc(N2CCCC2)n1. The average molecular weight is 267 g/mol. The highest BCUT2D eigenvalue weighted by atomic mass is 32.2. The number of carbonyl (C=O) groups is 1. The molecule has 6 heteroatoms. The van der Waals surface area contributed by atoms with Crippen LogP contribution in [-0.4, -0.2) is 41.9 Å². The number of esters is 1. The molecule has 0 N–H and O–H groups in total. The van der Waals surface area contributed by atoms with Crippen molar-refractivity contribution in [2.45, 2.75) is 24.8 Å². The zero-order valence-corrected chi connectivity index (χ0v) is 11.5. The van der Waals surface area contributed by atoms with Crippen molar-refractivity contribution in [1.29, 1.82) is 0 Å². The maximum Gasteiger partial charge on any atom is 0.316 e. The van der Waals surface area contributed by atoms with Gasteiger partial charge in [-0.05, 0) is 25.8 Å². The molecule has 0 aromatic carbocycles. The minimum absolute atomic E-state index is 0.237. The number of rotatable bonds is 4. The van der Waals surface area contributed by atoms with E-state index < -0.39 is 0 Å². The highest BCUT2D eigenvalue weighted by Gasteiger charge is 2.16. The molecule has 0 atom stereocenters. The lowest BCUT2D eigenvalue weighted by Gasteiger charge is -2.16. The van der Waals surface area contributed by atoms with E-state index in [0.717, 1.165) is 29.8 Å².